The van der Waals surface area contributed by atoms with Crippen molar-refractivity contribution in [1.29, 1.82) is 0 Å². The third-order valence-corrected chi connectivity index (χ3v) is 10.1. The van der Waals surface area contributed by atoms with Gasteiger partial charge in [0.15, 0.2) is 12.1 Å². The highest BCUT2D eigenvalue weighted by Gasteiger charge is 2.33. The molecule has 0 aliphatic carbocycles. The van der Waals surface area contributed by atoms with Crippen LogP contribution in [0, 0.1) is 0 Å². The predicted molar refractivity (Wildman–Crippen MR) is 207 cm³/mol. The molecule has 0 unspecified atom stereocenters. The van der Waals surface area contributed by atoms with Crippen LogP contribution in [-0.4, -0.2) is 38.9 Å². The van der Waals surface area contributed by atoms with Gasteiger partial charge in [-0.05, 0) is 39.9 Å². The van der Waals surface area contributed by atoms with Gasteiger partial charge in [0.1, 0.15) is 5.69 Å². The monoisotopic (exact) mass is 740 g/mol. The quantitative estimate of drug-likeness (QED) is 0.0937. The number of carboxylic acids is 1. The minimum absolute atomic E-state index is 0.0338. The van der Waals surface area contributed by atoms with Gasteiger partial charge in [-0.1, -0.05) is 133 Å². The molecule has 10 heteroatoms. The number of aromatic nitrogens is 1. The van der Waals surface area contributed by atoms with Gasteiger partial charge in [0, 0.05) is 41.8 Å². The van der Waals surface area contributed by atoms with Crippen molar-refractivity contribution in [2.24, 2.45) is 0 Å². The zero-order valence-corrected chi connectivity index (χ0v) is 30.3. The molecule has 0 bridgehead atoms. The number of carboxylic acid groups (broad SMARTS) is 1. The van der Waals surface area contributed by atoms with E-state index in [0.29, 0.717) is 23.9 Å². The van der Waals surface area contributed by atoms with Gasteiger partial charge in [-0.25, -0.2) is 4.98 Å². The van der Waals surface area contributed by atoms with Crippen LogP contribution in [0.25, 0.3) is 33.7 Å². The summed E-state index contributed by atoms with van der Waals surface area (Å²) >= 11 is 1.51. The van der Waals surface area contributed by atoms with Crippen molar-refractivity contribution in [2.75, 3.05) is 5.75 Å². The first-order chi connectivity index (χ1) is 26.4. The Morgan fingerprint density at radius 2 is 1.41 bits per heavy atom. The number of rotatable bonds is 14. The van der Waals surface area contributed by atoms with Crippen LogP contribution >= 0.6 is 11.8 Å². The molecule has 0 radical (unpaired) electrons. The molecule has 1 saturated heterocycles. The zero-order chi connectivity index (χ0) is 37.3. The van der Waals surface area contributed by atoms with Crippen LogP contribution in [0.4, 0.5) is 0 Å². The summed E-state index contributed by atoms with van der Waals surface area (Å²) in [5, 5.41) is 21.9. The van der Waals surface area contributed by atoms with E-state index in [0.717, 1.165) is 56.0 Å². The number of benzene rings is 5. The molecule has 5 aromatic carbocycles. The number of oxazole rings is 1. The van der Waals surface area contributed by atoms with Crippen molar-refractivity contribution in [3.63, 3.8) is 0 Å². The average molecular weight is 741 g/mol. The molecule has 2 heterocycles. The molecule has 1 aliphatic rings. The highest BCUT2D eigenvalue weighted by Crippen LogP contribution is 2.41. The van der Waals surface area contributed by atoms with Crippen molar-refractivity contribution >= 4 is 23.6 Å². The first kappa shape index (κ1) is 36.8. The Bertz CT molecular complexity index is 2120. The number of ether oxygens (including phenoxy) is 2. The average Bonchev–Trinajstić information content (AvgIpc) is 3.66. The topological polar surface area (TPSA) is 131 Å². The van der Waals surface area contributed by atoms with E-state index in [1.807, 2.05) is 127 Å². The molecule has 0 spiro atoms. The third-order valence-electron chi connectivity index (χ3n) is 9.17. The second kappa shape index (κ2) is 17.5. The van der Waals surface area contributed by atoms with E-state index >= 15 is 0 Å². The number of aliphatic carboxylic acids is 1. The summed E-state index contributed by atoms with van der Waals surface area (Å²) in [4.78, 5) is 27.9. The number of aliphatic hydroxyl groups is 1. The fourth-order valence-electron chi connectivity index (χ4n) is 6.36. The highest BCUT2D eigenvalue weighted by molar-refractivity contribution is 7.99. The lowest BCUT2D eigenvalue weighted by Gasteiger charge is -2.36. The molecule has 3 N–H and O–H groups in total. The summed E-state index contributed by atoms with van der Waals surface area (Å²) in [5.74, 6) is -0.00831. The normalized spacial score (nSPS) is 16.9. The molecule has 1 aromatic heterocycles. The molecule has 7 rings (SSSR count). The number of carbonyl (C=O) groups excluding carboxylic acids is 1. The summed E-state index contributed by atoms with van der Waals surface area (Å²) in [6.45, 7) is 0.259. The van der Waals surface area contributed by atoms with E-state index in [1.165, 1.54) is 11.8 Å². The highest BCUT2D eigenvalue weighted by atomic mass is 32.2. The van der Waals surface area contributed by atoms with Crippen LogP contribution in [0.15, 0.2) is 143 Å². The van der Waals surface area contributed by atoms with Gasteiger partial charge in [0.25, 0.3) is 5.22 Å². The molecular weight excluding hydrogens is 701 g/mol. The van der Waals surface area contributed by atoms with E-state index in [1.54, 1.807) is 0 Å². The van der Waals surface area contributed by atoms with Gasteiger partial charge >= 0.3 is 5.97 Å². The number of aliphatic hydroxyl groups excluding tert-OH is 1. The van der Waals surface area contributed by atoms with E-state index < -0.39 is 12.3 Å². The van der Waals surface area contributed by atoms with Crippen LogP contribution in [-0.2, 0) is 32.2 Å². The Labute approximate surface area is 318 Å². The number of hydrogen-bond acceptors (Lipinski definition) is 8. The third kappa shape index (κ3) is 9.34. The Balaban J connectivity index is 1.11. The van der Waals surface area contributed by atoms with Gasteiger partial charge in [0.05, 0.1) is 25.2 Å². The number of nitrogens with one attached hydrogen (secondary N) is 1. The number of nitrogens with zero attached hydrogens (tertiary/aromatic N) is 1. The van der Waals surface area contributed by atoms with Crippen LogP contribution < -0.4 is 5.32 Å². The van der Waals surface area contributed by atoms with Gasteiger partial charge < -0.3 is 29.4 Å². The van der Waals surface area contributed by atoms with Crippen LogP contribution in [0.2, 0.25) is 0 Å². The maximum Gasteiger partial charge on any atom is 0.303 e. The van der Waals surface area contributed by atoms with Gasteiger partial charge in [-0.3, -0.25) is 9.59 Å². The van der Waals surface area contributed by atoms with Crippen LogP contribution in [0.5, 0.6) is 0 Å². The molecule has 1 amide bonds. The maximum absolute atomic E-state index is 12.1. The molecule has 9 nitrogen and oxygen atoms in total. The lowest BCUT2D eigenvalue weighted by Crippen LogP contribution is -2.31. The van der Waals surface area contributed by atoms with Gasteiger partial charge in [0.2, 0.25) is 5.91 Å². The first-order valence-electron chi connectivity index (χ1n) is 17.8. The molecule has 3 atom stereocenters. The molecule has 6 aromatic rings. The minimum atomic E-state index is -1.00. The summed E-state index contributed by atoms with van der Waals surface area (Å²) < 4.78 is 19.7. The number of hydrogen-bond donors (Lipinski definition) is 3. The summed E-state index contributed by atoms with van der Waals surface area (Å²) in [6, 6.07) is 43.8. The summed E-state index contributed by atoms with van der Waals surface area (Å²) in [6.07, 6.45) is -0.787. The molecule has 1 fully saturated rings. The molecular formula is C44H40N2O7S. The predicted octanol–water partition coefficient (Wildman–Crippen LogP) is 8.99. The Hall–Kier alpha value is -5.52. The van der Waals surface area contributed by atoms with E-state index in [2.05, 4.69) is 11.4 Å². The van der Waals surface area contributed by atoms with Gasteiger partial charge in [-0.15, -0.1) is 0 Å². The fourth-order valence-corrected chi connectivity index (χ4v) is 7.20. The van der Waals surface area contributed by atoms with Crippen LogP contribution in [0.1, 0.15) is 53.9 Å². The lowest BCUT2D eigenvalue weighted by molar-refractivity contribution is -0.245. The zero-order valence-electron chi connectivity index (χ0n) is 29.5. The Morgan fingerprint density at radius 1 is 0.722 bits per heavy atom. The van der Waals surface area contributed by atoms with Crippen molar-refractivity contribution in [2.45, 2.75) is 56.1 Å². The van der Waals surface area contributed by atoms with Crippen LogP contribution in [0.3, 0.4) is 0 Å². The Morgan fingerprint density at radius 3 is 2.13 bits per heavy atom. The maximum atomic E-state index is 12.1. The van der Waals surface area contributed by atoms with E-state index in [-0.39, 0.29) is 37.6 Å². The SMILES string of the molecule is O=C(O)CCC(=O)NCc1cccc(-c2cccc([C@@H]3O[C@H](CSc4nc(-c5ccccc5)c(-c5ccccc5)o4)C[C@H](c4ccc(CO)cc4)O3)c2)c1. The number of thioether (sulfide) groups is 1. The minimum Gasteiger partial charge on any atom is -0.481 e. The standard InChI is InChI=1S/C44H40N2O7S/c47-27-29-17-19-31(20-18-29)38-25-37(28-54-44-46-41(32-10-3-1-4-11-32)42(53-44)33-12-5-2-6-13-33)51-43(52-38)36-16-8-15-35(24-36)34-14-7-9-30(23-34)26-45-39(48)21-22-40(49)50/h1-20,23-24,37-38,43,47H,21-22,25-28H2,(H,45,48)(H,49,50)/t37-,38+,43+/m0/s1. The summed E-state index contributed by atoms with van der Waals surface area (Å²) in [7, 11) is 0. The number of carbonyl (C=O) groups is 2. The van der Waals surface area contributed by atoms with Gasteiger partial charge in [-0.2, -0.15) is 0 Å². The molecule has 54 heavy (non-hydrogen) atoms. The lowest BCUT2D eigenvalue weighted by atomic mass is 9.99. The van der Waals surface area contributed by atoms with Crippen molar-refractivity contribution < 1.29 is 33.7 Å². The fraction of sp³-hybridized carbons (Fsp3) is 0.205. The largest absolute Gasteiger partial charge is 0.481 e. The number of amides is 1. The van der Waals surface area contributed by atoms with Crippen molar-refractivity contribution in [1.82, 2.24) is 10.3 Å². The van der Waals surface area contributed by atoms with Crippen molar-refractivity contribution in [3.8, 4) is 33.7 Å². The smallest absolute Gasteiger partial charge is 0.303 e. The van der Waals surface area contributed by atoms with E-state index in [4.69, 9.17) is 24.0 Å². The summed E-state index contributed by atoms with van der Waals surface area (Å²) in [5.41, 5.74) is 8.23. The molecule has 0 saturated carbocycles. The van der Waals surface area contributed by atoms with Crippen molar-refractivity contribution in [3.05, 3.63) is 156 Å². The second-order valence-corrected chi connectivity index (χ2v) is 14.0. The first-order valence-corrected chi connectivity index (χ1v) is 18.8. The molecule has 274 valence electrons. The molecule has 1 aliphatic heterocycles. The van der Waals surface area contributed by atoms with E-state index in [9.17, 15) is 14.7 Å². The Kier molecular flexibility index (Phi) is 12.0. The second-order valence-electron chi connectivity index (χ2n) is 13.0.